The van der Waals surface area contributed by atoms with Crippen molar-refractivity contribution in [2.24, 2.45) is 5.92 Å². The van der Waals surface area contributed by atoms with Crippen molar-refractivity contribution in [2.45, 2.75) is 25.7 Å². The lowest BCUT2D eigenvalue weighted by molar-refractivity contribution is -0.137. The summed E-state index contributed by atoms with van der Waals surface area (Å²) in [6.07, 6.45) is 2.41. The van der Waals surface area contributed by atoms with Crippen molar-refractivity contribution in [1.82, 2.24) is 9.80 Å². The summed E-state index contributed by atoms with van der Waals surface area (Å²) in [5.41, 5.74) is 0.967. The minimum absolute atomic E-state index is 0.106. The Morgan fingerprint density at radius 2 is 1.92 bits per heavy atom. The highest BCUT2D eigenvalue weighted by atomic mass is 16.4. The number of piperidine rings is 1. The average Bonchev–Trinajstić information content (AvgIpc) is 2.83. The van der Waals surface area contributed by atoms with Gasteiger partial charge < -0.3 is 10.0 Å². The first-order chi connectivity index (χ1) is 11.9. The number of hydrogen-bond acceptors (Lipinski definition) is 4. The molecule has 0 aliphatic carbocycles. The molecule has 0 saturated carbocycles. The average molecular weight is 344 g/mol. The molecule has 25 heavy (non-hydrogen) atoms. The Kier molecular flexibility index (Phi) is 4.57. The topological polar surface area (TPSA) is 95.0 Å². The Morgan fingerprint density at radius 1 is 1.20 bits per heavy atom. The molecule has 1 unspecified atom stereocenters. The monoisotopic (exact) mass is 344 g/mol. The number of aliphatic carboxylic acids is 1. The number of benzene rings is 1. The van der Waals surface area contributed by atoms with Crippen LogP contribution in [0.2, 0.25) is 0 Å². The van der Waals surface area contributed by atoms with E-state index >= 15 is 0 Å². The molecule has 0 aromatic heterocycles. The van der Waals surface area contributed by atoms with Crippen LogP contribution in [-0.4, -0.2) is 58.7 Å². The normalized spacial score (nSPS) is 20.0. The SMILES string of the molecule is CN1C(=O)c2ccc(C(=O)N3CCCC(CCC(=O)O)C3)cc2C1=O. The predicted octanol–water partition coefficient (Wildman–Crippen LogP) is 1.63. The first-order valence-electron chi connectivity index (χ1n) is 8.36. The summed E-state index contributed by atoms with van der Waals surface area (Å²) in [4.78, 5) is 50.2. The molecule has 2 heterocycles. The molecule has 1 saturated heterocycles. The van der Waals surface area contributed by atoms with Gasteiger partial charge >= 0.3 is 5.97 Å². The second-order valence-electron chi connectivity index (χ2n) is 6.62. The molecule has 1 N–H and O–H groups in total. The van der Waals surface area contributed by atoms with Gasteiger partial charge in [0.25, 0.3) is 17.7 Å². The third-order valence-corrected chi connectivity index (χ3v) is 4.91. The van der Waals surface area contributed by atoms with Crippen LogP contribution in [0.4, 0.5) is 0 Å². The lowest BCUT2D eigenvalue weighted by Gasteiger charge is -2.32. The van der Waals surface area contributed by atoms with Crippen molar-refractivity contribution < 1.29 is 24.3 Å². The molecule has 0 radical (unpaired) electrons. The Morgan fingerprint density at radius 3 is 2.64 bits per heavy atom. The van der Waals surface area contributed by atoms with Gasteiger partial charge in [0.2, 0.25) is 0 Å². The smallest absolute Gasteiger partial charge is 0.303 e. The summed E-state index contributed by atoms with van der Waals surface area (Å²) in [6, 6.07) is 4.59. The molecule has 0 spiro atoms. The van der Waals surface area contributed by atoms with Crippen LogP contribution in [0.15, 0.2) is 18.2 Å². The highest BCUT2D eigenvalue weighted by Gasteiger charge is 2.34. The molecular weight excluding hydrogens is 324 g/mol. The number of carboxylic acid groups (broad SMARTS) is 1. The zero-order chi connectivity index (χ0) is 18.1. The van der Waals surface area contributed by atoms with Gasteiger partial charge in [-0.05, 0) is 43.4 Å². The van der Waals surface area contributed by atoms with Gasteiger partial charge in [-0.3, -0.25) is 24.1 Å². The fourth-order valence-corrected chi connectivity index (χ4v) is 3.49. The Hall–Kier alpha value is -2.70. The lowest BCUT2D eigenvalue weighted by Crippen LogP contribution is -2.40. The molecule has 3 amide bonds. The van der Waals surface area contributed by atoms with E-state index in [2.05, 4.69) is 0 Å². The number of hydrogen-bond donors (Lipinski definition) is 1. The van der Waals surface area contributed by atoms with Crippen LogP contribution < -0.4 is 0 Å². The van der Waals surface area contributed by atoms with Gasteiger partial charge in [0.15, 0.2) is 0 Å². The maximum absolute atomic E-state index is 12.8. The number of fused-ring (bicyclic) bond motifs is 1. The Balaban J connectivity index is 1.74. The highest BCUT2D eigenvalue weighted by Crippen LogP contribution is 2.26. The number of nitrogens with zero attached hydrogens (tertiary/aromatic N) is 2. The minimum Gasteiger partial charge on any atom is -0.481 e. The number of rotatable bonds is 4. The van der Waals surface area contributed by atoms with Gasteiger partial charge in [0, 0.05) is 32.1 Å². The molecule has 1 atom stereocenters. The largest absolute Gasteiger partial charge is 0.481 e. The van der Waals surface area contributed by atoms with Crippen LogP contribution in [0.3, 0.4) is 0 Å². The van der Waals surface area contributed by atoms with E-state index in [1.165, 1.54) is 19.2 Å². The van der Waals surface area contributed by atoms with E-state index in [-0.39, 0.29) is 29.7 Å². The van der Waals surface area contributed by atoms with Crippen LogP contribution in [0.25, 0.3) is 0 Å². The second kappa shape index (κ2) is 6.66. The van der Waals surface area contributed by atoms with E-state index in [4.69, 9.17) is 5.11 Å². The van der Waals surface area contributed by atoms with E-state index in [1.54, 1.807) is 11.0 Å². The van der Waals surface area contributed by atoms with E-state index in [9.17, 15) is 19.2 Å². The van der Waals surface area contributed by atoms with Crippen molar-refractivity contribution in [3.8, 4) is 0 Å². The second-order valence-corrected chi connectivity index (χ2v) is 6.62. The van der Waals surface area contributed by atoms with Crippen LogP contribution in [0.5, 0.6) is 0 Å². The first kappa shape index (κ1) is 17.1. The van der Waals surface area contributed by atoms with E-state index < -0.39 is 11.9 Å². The number of carbonyl (C=O) groups excluding carboxylic acids is 3. The zero-order valence-corrected chi connectivity index (χ0v) is 14.0. The van der Waals surface area contributed by atoms with Crippen molar-refractivity contribution in [3.63, 3.8) is 0 Å². The quantitative estimate of drug-likeness (QED) is 0.838. The third-order valence-electron chi connectivity index (χ3n) is 4.91. The fraction of sp³-hybridized carbons (Fsp3) is 0.444. The molecule has 1 aromatic rings. The molecule has 1 fully saturated rings. The number of amides is 3. The molecule has 2 aliphatic heterocycles. The maximum Gasteiger partial charge on any atom is 0.303 e. The summed E-state index contributed by atoms with van der Waals surface area (Å²) in [7, 11) is 1.42. The van der Waals surface area contributed by atoms with Crippen molar-refractivity contribution >= 4 is 23.7 Å². The highest BCUT2D eigenvalue weighted by molar-refractivity contribution is 6.21. The number of likely N-dealkylation sites (tertiary alicyclic amines) is 1. The van der Waals surface area contributed by atoms with Gasteiger partial charge in [-0.15, -0.1) is 0 Å². The molecule has 7 nitrogen and oxygen atoms in total. The molecular formula is C18H20N2O5. The molecule has 1 aromatic carbocycles. The van der Waals surface area contributed by atoms with Gasteiger partial charge in [-0.2, -0.15) is 0 Å². The zero-order valence-electron chi connectivity index (χ0n) is 14.0. The van der Waals surface area contributed by atoms with Crippen molar-refractivity contribution in [3.05, 3.63) is 34.9 Å². The van der Waals surface area contributed by atoms with Crippen LogP contribution in [0, 0.1) is 5.92 Å². The molecule has 7 heteroatoms. The maximum atomic E-state index is 12.8. The van der Waals surface area contributed by atoms with E-state index in [0.717, 1.165) is 17.7 Å². The lowest BCUT2D eigenvalue weighted by atomic mass is 9.93. The van der Waals surface area contributed by atoms with Crippen LogP contribution >= 0.6 is 0 Å². The summed E-state index contributed by atoms with van der Waals surface area (Å²) in [6.45, 7) is 1.14. The first-order valence-corrected chi connectivity index (χ1v) is 8.36. The fourth-order valence-electron chi connectivity index (χ4n) is 3.49. The van der Waals surface area contributed by atoms with Gasteiger partial charge in [-0.25, -0.2) is 0 Å². The molecule has 0 bridgehead atoms. The van der Waals surface area contributed by atoms with Crippen LogP contribution in [-0.2, 0) is 4.79 Å². The molecule has 132 valence electrons. The van der Waals surface area contributed by atoms with Crippen molar-refractivity contribution in [1.29, 1.82) is 0 Å². The standard InChI is InChI=1S/C18H20N2O5/c1-19-17(24)13-6-5-12(9-14(13)18(19)25)16(23)20-8-2-3-11(10-20)4-7-15(21)22/h5-6,9,11H,2-4,7-8,10H2,1H3,(H,21,22). The van der Waals surface area contributed by atoms with Gasteiger partial charge in [0.1, 0.15) is 0 Å². The molecule has 3 rings (SSSR count). The predicted molar refractivity (Wildman–Crippen MR) is 88.4 cm³/mol. The van der Waals surface area contributed by atoms with E-state index in [1.807, 2.05) is 0 Å². The number of imide groups is 1. The Labute approximate surface area is 145 Å². The summed E-state index contributed by atoms with van der Waals surface area (Å²) >= 11 is 0. The Bertz CT molecular complexity index is 758. The van der Waals surface area contributed by atoms with Crippen LogP contribution in [0.1, 0.15) is 56.8 Å². The van der Waals surface area contributed by atoms with E-state index in [0.29, 0.717) is 30.6 Å². The number of carboxylic acids is 1. The van der Waals surface area contributed by atoms with Gasteiger partial charge in [0.05, 0.1) is 11.1 Å². The van der Waals surface area contributed by atoms with Gasteiger partial charge in [-0.1, -0.05) is 0 Å². The molecule has 2 aliphatic rings. The third kappa shape index (κ3) is 3.26. The minimum atomic E-state index is -0.825. The van der Waals surface area contributed by atoms with Crippen molar-refractivity contribution in [2.75, 3.05) is 20.1 Å². The summed E-state index contributed by atoms with van der Waals surface area (Å²) in [5.74, 6) is -1.58. The summed E-state index contributed by atoms with van der Waals surface area (Å²) in [5, 5.41) is 8.81. The summed E-state index contributed by atoms with van der Waals surface area (Å²) < 4.78 is 0. The number of carbonyl (C=O) groups is 4.